The van der Waals surface area contributed by atoms with Crippen molar-refractivity contribution in [1.82, 2.24) is 4.90 Å². The zero-order chi connectivity index (χ0) is 20.6. The van der Waals surface area contributed by atoms with Gasteiger partial charge in [0, 0.05) is 31.6 Å². The summed E-state index contributed by atoms with van der Waals surface area (Å²) in [6.45, 7) is 4.66. The average Bonchev–Trinajstić information content (AvgIpc) is 3.14. The van der Waals surface area contributed by atoms with Gasteiger partial charge >= 0.3 is 0 Å². The fourth-order valence-corrected chi connectivity index (χ4v) is 4.87. The second-order valence-corrected chi connectivity index (χ2v) is 8.59. The highest BCUT2D eigenvalue weighted by molar-refractivity contribution is 5.32. The van der Waals surface area contributed by atoms with Crippen molar-refractivity contribution >= 4 is 0 Å². The fraction of sp³-hybridized carbons (Fsp3) is 0.478. The predicted molar refractivity (Wildman–Crippen MR) is 110 cm³/mol. The van der Waals surface area contributed by atoms with E-state index in [1.165, 1.54) is 12.1 Å². The molecule has 2 aromatic carbocycles. The lowest BCUT2D eigenvalue weighted by molar-refractivity contribution is 0.180. The molecule has 1 aliphatic carbocycles. The van der Waals surface area contributed by atoms with Gasteiger partial charge in [-0.05, 0) is 60.2 Å². The first-order valence-corrected chi connectivity index (χ1v) is 10.2. The topological polar surface area (TPSA) is 68.0 Å². The minimum absolute atomic E-state index is 0.129. The minimum Gasteiger partial charge on any atom is -0.505 e. The molecule has 4 atom stereocenters. The number of hydrogen-bond donors (Lipinski definition) is 2. The first-order chi connectivity index (χ1) is 13.9. The molecule has 156 valence electrons. The van der Waals surface area contributed by atoms with Gasteiger partial charge in [0.1, 0.15) is 17.6 Å². The number of nitrogens with zero attached hydrogens (tertiary/aromatic N) is 1. The van der Waals surface area contributed by atoms with Crippen molar-refractivity contribution in [3.8, 4) is 17.2 Å². The molecule has 0 amide bonds. The number of phenolic OH excluding ortho intramolecular Hbond substituents is 1. The van der Waals surface area contributed by atoms with E-state index in [0.717, 1.165) is 49.5 Å². The van der Waals surface area contributed by atoms with E-state index in [1.54, 1.807) is 13.2 Å². The van der Waals surface area contributed by atoms with E-state index in [0.29, 0.717) is 5.92 Å². The number of phenols is 1. The summed E-state index contributed by atoms with van der Waals surface area (Å²) in [5.41, 5.74) is 7.42. The molecule has 1 saturated carbocycles. The Balaban J connectivity index is 1.33. The van der Waals surface area contributed by atoms with Gasteiger partial charge < -0.3 is 25.2 Å². The number of nitrogens with two attached hydrogens (primary N) is 1. The Labute approximate surface area is 171 Å². The normalized spacial score (nSPS) is 27.6. The highest BCUT2D eigenvalue weighted by Gasteiger charge is 2.51. The van der Waals surface area contributed by atoms with E-state index in [2.05, 4.69) is 11.8 Å². The van der Waals surface area contributed by atoms with E-state index >= 15 is 0 Å². The number of aromatic hydroxyl groups is 1. The lowest BCUT2D eigenvalue weighted by atomic mass is 9.92. The quantitative estimate of drug-likeness (QED) is 0.777. The molecule has 5 nitrogen and oxygen atoms in total. The molecule has 0 unspecified atom stereocenters. The van der Waals surface area contributed by atoms with E-state index in [4.69, 9.17) is 15.2 Å². The van der Waals surface area contributed by atoms with Crippen molar-refractivity contribution in [2.75, 3.05) is 26.7 Å². The number of hydrogen-bond acceptors (Lipinski definition) is 5. The lowest BCUT2D eigenvalue weighted by Crippen LogP contribution is -2.45. The maximum atomic E-state index is 13.7. The minimum atomic E-state index is -0.568. The summed E-state index contributed by atoms with van der Waals surface area (Å²) in [6, 6.07) is 12.3. The maximum absolute atomic E-state index is 13.7. The van der Waals surface area contributed by atoms with Crippen LogP contribution in [0.3, 0.4) is 0 Å². The molecule has 0 bridgehead atoms. The molecule has 0 spiro atoms. The van der Waals surface area contributed by atoms with Crippen LogP contribution in [0.1, 0.15) is 31.2 Å². The van der Waals surface area contributed by atoms with Crippen LogP contribution in [0.2, 0.25) is 0 Å². The highest BCUT2D eigenvalue weighted by Crippen LogP contribution is 2.42. The van der Waals surface area contributed by atoms with E-state index in [1.807, 2.05) is 24.3 Å². The van der Waals surface area contributed by atoms with Crippen LogP contribution in [0.15, 0.2) is 42.5 Å². The number of ether oxygens (including phenoxy) is 2. The van der Waals surface area contributed by atoms with Crippen molar-refractivity contribution in [3.05, 3.63) is 53.8 Å². The first-order valence-electron chi connectivity index (χ1n) is 10.2. The Morgan fingerprint density at radius 3 is 2.62 bits per heavy atom. The number of halogens is 1. The van der Waals surface area contributed by atoms with Crippen LogP contribution in [-0.4, -0.2) is 48.4 Å². The molecule has 1 aliphatic heterocycles. The van der Waals surface area contributed by atoms with E-state index in [9.17, 15) is 9.50 Å². The molecule has 2 aliphatic rings. The Bertz CT molecular complexity index is 860. The molecule has 6 heteroatoms. The predicted octanol–water partition coefficient (Wildman–Crippen LogP) is 3.51. The average molecular weight is 400 g/mol. The van der Waals surface area contributed by atoms with Gasteiger partial charge in [0.15, 0.2) is 11.6 Å². The van der Waals surface area contributed by atoms with Crippen LogP contribution in [-0.2, 0) is 0 Å². The van der Waals surface area contributed by atoms with Gasteiger partial charge in [-0.2, -0.15) is 0 Å². The summed E-state index contributed by atoms with van der Waals surface area (Å²) in [6.07, 6.45) is 1.91. The van der Waals surface area contributed by atoms with Crippen molar-refractivity contribution in [1.29, 1.82) is 0 Å². The molecular weight excluding hydrogens is 371 g/mol. The van der Waals surface area contributed by atoms with Gasteiger partial charge in [0.05, 0.1) is 7.11 Å². The zero-order valence-electron chi connectivity index (χ0n) is 17.0. The summed E-state index contributed by atoms with van der Waals surface area (Å²) in [5, 5.41) is 9.39. The molecule has 3 N–H and O–H groups in total. The summed E-state index contributed by atoms with van der Waals surface area (Å²) in [7, 11) is 1.65. The molecule has 29 heavy (non-hydrogen) atoms. The molecule has 0 aromatic heterocycles. The van der Waals surface area contributed by atoms with E-state index < -0.39 is 5.82 Å². The molecule has 4 rings (SSSR count). The summed E-state index contributed by atoms with van der Waals surface area (Å²) < 4.78 is 25.0. The van der Waals surface area contributed by atoms with Crippen molar-refractivity contribution in [2.45, 2.75) is 37.3 Å². The third kappa shape index (κ3) is 4.19. The third-order valence-electron chi connectivity index (χ3n) is 6.40. The van der Waals surface area contributed by atoms with Crippen LogP contribution >= 0.6 is 0 Å². The van der Waals surface area contributed by atoms with Gasteiger partial charge in [0.25, 0.3) is 0 Å². The van der Waals surface area contributed by atoms with Gasteiger partial charge in [0.2, 0.25) is 0 Å². The lowest BCUT2D eigenvalue weighted by Gasteiger charge is -2.26. The van der Waals surface area contributed by atoms with Crippen LogP contribution in [0, 0.1) is 11.7 Å². The number of likely N-dealkylation sites (tertiary alicyclic amines) is 1. The monoisotopic (exact) mass is 400 g/mol. The van der Waals surface area contributed by atoms with E-state index in [-0.39, 0.29) is 23.3 Å². The number of benzene rings is 2. The van der Waals surface area contributed by atoms with Crippen LogP contribution in [0.25, 0.3) is 0 Å². The Morgan fingerprint density at radius 1 is 1.24 bits per heavy atom. The van der Waals surface area contributed by atoms with Crippen LogP contribution < -0.4 is 15.2 Å². The van der Waals surface area contributed by atoms with Crippen molar-refractivity contribution < 1.29 is 19.0 Å². The second kappa shape index (κ2) is 7.84. The molecule has 1 heterocycles. The first kappa shape index (κ1) is 20.0. The molecule has 2 aromatic rings. The van der Waals surface area contributed by atoms with Crippen LogP contribution in [0.4, 0.5) is 4.39 Å². The second-order valence-electron chi connectivity index (χ2n) is 8.59. The largest absolute Gasteiger partial charge is 0.505 e. The van der Waals surface area contributed by atoms with Gasteiger partial charge in [-0.1, -0.05) is 13.0 Å². The fourth-order valence-electron chi connectivity index (χ4n) is 4.87. The van der Waals surface area contributed by atoms with Gasteiger partial charge in [-0.15, -0.1) is 0 Å². The van der Waals surface area contributed by atoms with Gasteiger partial charge in [-0.25, -0.2) is 4.39 Å². The number of methoxy groups -OCH3 is 1. The standard InChI is InChI=1S/C23H29FN2O3/c1-15(16-3-8-22(27)21(24)9-16)12-26-13-17-10-20(11-23(17,25)14-26)29-19-6-4-18(28-2)5-7-19/h3-9,15,17,20,27H,10-14,25H2,1-2H3/t15-,17+,20+,23+/m0/s1. The maximum Gasteiger partial charge on any atom is 0.165 e. The van der Waals surface area contributed by atoms with Crippen LogP contribution in [0.5, 0.6) is 17.2 Å². The Morgan fingerprint density at radius 2 is 1.97 bits per heavy atom. The smallest absolute Gasteiger partial charge is 0.165 e. The highest BCUT2D eigenvalue weighted by atomic mass is 19.1. The molecule has 1 saturated heterocycles. The SMILES string of the molecule is COc1ccc(O[C@@H]2C[C@@H]3CN(C[C@H](C)c4ccc(O)c(F)c4)C[C@]3(N)C2)cc1. The third-order valence-corrected chi connectivity index (χ3v) is 6.40. The number of fused-ring (bicyclic) bond motifs is 1. The zero-order valence-corrected chi connectivity index (χ0v) is 17.0. The summed E-state index contributed by atoms with van der Waals surface area (Å²) in [4.78, 5) is 2.38. The molecule has 2 fully saturated rings. The number of rotatable bonds is 6. The van der Waals surface area contributed by atoms with Crippen molar-refractivity contribution in [3.63, 3.8) is 0 Å². The molecular formula is C23H29FN2O3. The molecule has 0 radical (unpaired) electrons. The Hall–Kier alpha value is -2.31. The van der Waals surface area contributed by atoms with Gasteiger partial charge in [-0.3, -0.25) is 0 Å². The summed E-state index contributed by atoms with van der Waals surface area (Å²) >= 11 is 0. The summed E-state index contributed by atoms with van der Waals surface area (Å²) in [5.74, 6) is 1.35. The van der Waals surface area contributed by atoms with Crippen molar-refractivity contribution in [2.24, 2.45) is 11.7 Å². The Kier molecular flexibility index (Phi) is 5.40.